The number of rotatable bonds is 3. The Labute approximate surface area is 151 Å². The molecule has 0 saturated carbocycles. The molecule has 0 fully saturated rings. The van der Waals surface area contributed by atoms with Crippen LogP contribution in [0.5, 0.6) is 0 Å². The third-order valence-corrected chi connectivity index (χ3v) is 6.19. The number of nitrogens with one attached hydrogen (secondary N) is 1. The van der Waals surface area contributed by atoms with Gasteiger partial charge in [0.15, 0.2) is 0 Å². The first-order valence-corrected chi connectivity index (χ1v) is 9.76. The summed E-state index contributed by atoms with van der Waals surface area (Å²) < 4.78 is 27.6. The Morgan fingerprint density at radius 3 is 2.84 bits per heavy atom. The van der Waals surface area contributed by atoms with Crippen LogP contribution in [-0.2, 0) is 10.0 Å². The molecule has 2 aromatic heterocycles. The molecule has 3 aromatic rings. The third kappa shape index (κ3) is 2.86. The second kappa shape index (κ2) is 6.29. The van der Waals surface area contributed by atoms with Crippen molar-refractivity contribution in [3.8, 4) is 0 Å². The van der Waals surface area contributed by atoms with Gasteiger partial charge in [0.2, 0.25) is 0 Å². The topological polar surface area (TPSA) is 64.0 Å². The van der Waals surface area contributed by atoms with Crippen molar-refractivity contribution in [2.24, 2.45) is 0 Å². The number of hydrogen-bond donors (Lipinski definition) is 1. The van der Waals surface area contributed by atoms with E-state index in [4.69, 9.17) is 11.6 Å². The van der Waals surface area contributed by atoms with Crippen molar-refractivity contribution in [2.75, 3.05) is 13.1 Å². The normalized spacial score (nSPS) is 15.3. The Morgan fingerprint density at radius 1 is 1.20 bits per heavy atom. The Bertz CT molecular complexity index is 1090. The molecule has 1 aromatic carbocycles. The van der Waals surface area contributed by atoms with Gasteiger partial charge in [-0.15, -0.1) is 0 Å². The smallest absolute Gasteiger partial charge is 0.268 e. The van der Waals surface area contributed by atoms with Crippen LogP contribution in [0.2, 0.25) is 5.02 Å². The summed E-state index contributed by atoms with van der Waals surface area (Å²) in [5, 5.41) is 3.65. The zero-order chi connectivity index (χ0) is 17.4. The number of pyridine rings is 1. The van der Waals surface area contributed by atoms with Gasteiger partial charge in [0.25, 0.3) is 10.0 Å². The van der Waals surface area contributed by atoms with Crippen molar-refractivity contribution in [3.05, 3.63) is 65.5 Å². The molecule has 0 atom stereocenters. The van der Waals surface area contributed by atoms with Crippen LogP contribution in [0.15, 0.2) is 59.8 Å². The first-order valence-electron chi connectivity index (χ1n) is 7.95. The van der Waals surface area contributed by atoms with Gasteiger partial charge in [-0.3, -0.25) is 4.98 Å². The van der Waals surface area contributed by atoms with E-state index in [1.54, 1.807) is 42.7 Å². The molecule has 25 heavy (non-hydrogen) atoms. The number of fused-ring (bicyclic) bond motifs is 1. The molecular formula is C18H16ClN3O2S. The maximum absolute atomic E-state index is 13.1. The van der Waals surface area contributed by atoms with Crippen molar-refractivity contribution in [1.82, 2.24) is 14.3 Å². The molecule has 0 aliphatic carbocycles. The Morgan fingerprint density at radius 2 is 2.08 bits per heavy atom. The predicted octanol–water partition coefficient (Wildman–Crippen LogP) is 3.30. The fourth-order valence-electron chi connectivity index (χ4n) is 3.07. The zero-order valence-corrected chi connectivity index (χ0v) is 14.9. The van der Waals surface area contributed by atoms with Crippen LogP contribution in [0, 0.1) is 0 Å². The standard InChI is InChI=1S/C18H16ClN3O2S/c19-14-3-1-4-15(11-14)25(23,24)22-12-16(13-6-9-20-10-7-13)18-17(22)5-2-8-21-18/h1-6,8,11-12,20H,7,9-10H2. The van der Waals surface area contributed by atoms with Crippen LogP contribution < -0.4 is 5.32 Å². The molecule has 3 heterocycles. The van der Waals surface area contributed by atoms with Gasteiger partial charge in [-0.2, -0.15) is 0 Å². The minimum Gasteiger partial charge on any atom is -0.313 e. The highest BCUT2D eigenvalue weighted by atomic mass is 35.5. The van der Waals surface area contributed by atoms with E-state index in [2.05, 4.69) is 16.4 Å². The number of halogens is 1. The van der Waals surface area contributed by atoms with Gasteiger partial charge in [-0.25, -0.2) is 12.4 Å². The average molecular weight is 374 g/mol. The van der Waals surface area contributed by atoms with E-state index >= 15 is 0 Å². The summed E-state index contributed by atoms with van der Waals surface area (Å²) in [4.78, 5) is 4.59. The summed E-state index contributed by atoms with van der Waals surface area (Å²) in [6, 6.07) is 9.81. The van der Waals surface area contributed by atoms with E-state index < -0.39 is 10.0 Å². The highest BCUT2D eigenvalue weighted by Gasteiger charge is 2.23. The Hall–Kier alpha value is -2.15. The lowest BCUT2D eigenvalue weighted by atomic mass is 10.0. The van der Waals surface area contributed by atoms with Crippen molar-refractivity contribution < 1.29 is 8.42 Å². The SMILES string of the molecule is O=S(=O)(c1cccc(Cl)c1)n1cc(C2=CCNCC2)c2ncccc21. The number of hydrogen-bond acceptors (Lipinski definition) is 4. The van der Waals surface area contributed by atoms with Gasteiger partial charge in [0.1, 0.15) is 0 Å². The summed E-state index contributed by atoms with van der Waals surface area (Å²) in [5.41, 5.74) is 3.24. The van der Waals surface area contributed by atoms with Crippen LogP contribution in [-0.4, -0.2) is 30.5 Å². The molecule has 0 spiro atoms. The second-order valence-corrected chi connectivity index (χ2v) is 8.11. The molecule has 7 heteroatoms. The molecule has 1 aliphatic rings. The molecule has 1 N–H and O–H groups in total. The van der Waals surface area contributed by atoms with E-state index in [1.165, 1.54) is 10.0 Å². The van der Waals surface area contributed by atoms with Gasteiger partial charge < -0.3 is 5.32 Å². The molecule has 5 nitrogen and oxygen atoms in total. The highest BCUT2D eigenvalue weighted by molar-refractivity contribution is 7.90. The predicted molar refractivity (Wildman–Crippen MR) is 99.2 cm³/mol. The lowest BCUT2D eigenvalue weighted by Crippen LogP contribution is -2.20. The van der Waals surface area contributed by atoms with Gasteiger partial charge in [-0.05, 0) is 48.9 Å². The largest absolute Gasteiger partial charge is 0.313 e. The maximum atomic E-state index is 13.1. The number of benzene rings is 1. The van der Waals surface area contributed by atoms with E-state index in [0.29, 0.717) is 16.1 Å². The summed E-state index contributed by atoms with van der Waals surface area (Å²) in [7, 11) is -3.76. The Balaban J connectivity index is 1.95. The summed E-state index contributed by atoms with van der Waals surface area (Å²) in [6.45, 7) is 1.64. The minimum atomic E-state index is -3.76. The van der Waals surface area contributed by atoms with Crippen LogP contribution in [0.4, 0.5) is 0 Å². The van der Waals surface area contributed by atoms with Crippen molar-refractivity contribution >= 4 is 38.2 Å². The van der Waals surface area contributed by atoms with E-state index in [1.807, 2.05) is 0 Å². The summed E-state index contributed by atoms with van der Waals surface area (Å²) >= 11 is 5.98. The van der Waals surface area contributed by atoms with Crippen molar-refractivity contribution in [1.29, 1.82) is 0 Å². The van der Waals surface area contributed by atoms with E-state index in [9.17, 15) is 8.42 Å². The van der Waals surface area contributed by atoms with Crippen LogP contribution >= 0.6 is 11.6 Å². The average Bonchev–Trinajstić information content (AvgIpc) is 3.03. The first kappa shape index (κ1) is 16.3. The second-order valence-electron chi connectivity index (χ2n) is 5.86. The lowest BCUT2D eigenvalue weighted by Gasteiger charge is -2.12. The molecule has 128 valence electrons. The minimum absolute atomic E-state index is 0.159. The molecule has 4 rings (SSSR count). The van der Waals surface area contributed by atoms with E-state index in [-0.39, 0.29) is 4.90 Å². The fourth-order valence-corrected chi connectivity index (χ4v) is 4.73. The summed E-state index contributed by atoms with van der Waals surface area (Å²) in [5.74, 6) is 0. The quantitative estimate of drug-likeness (QED) is 0.765. The fraction of sp³-hybridized carbons (Fsp3) is 0.167. The highest BCUT2D eigenvalue weighted by Crippen LogP contribution is 2.31. The monoisotopic (exact) mass is 373 g/mol. The number of nitrogens with zero attached hydrogens (tertiary/aromatic N) is 2. The number of aromatic nitrogens is 2. The molecule has 0 radical (unpaired) electrons. The molecule has 1 aliphatic heterocycles. The molecule has 0 saturated heterocycles. The zero-order valence-electron chi connectivity index (χ0n) is 13.3. The van der Waals surface area contributed by atoms with E-state index in [0.717, 1.165) is 30.6 Å². The van der Waals surface area contributed by atoms with Gasteiger partial charge in [0.05, 0.1) is 15.9 Å². The van der Waals surface area contributed by atoms with Crippen LogP contribution in [0.3, 0.4) is 0 Å². The van der Waals surface area contributed by atoms with Gasteiger partial charge in [0, 0.05) is 29.5 Å². The van der Waals surface area contributed by atoms with Crippen LogP contribution in [0.25, 0.3) is 16.6 Å². The van der Waals surface area contributed by atoms with Gasteiger partial charge in [-0.1, -0.05) is 23.7 Å². The molecular weight excluding hydrogens is 358 g/mol. The Kier molecular flexibility index (Phi) is 4.11. The molecule has 0 unspecified atom stereocenters. The molecule has 0 bridgehead atoms. The van der Waals surface area contributed by atoms with Crippen LogP contribution in [0.1, 0.15) is 12.0 Å². The van der Waals surface area contributed by atoms with Crippen molar-refractivity contribution in [3.63, 3.8) is 0 Å². The lowest BCUT2D eigenvalue weighted by molar-refractivity contribution is 0.589. The third-order valence-electron chi connectivity index (χ3n) is 4.29. The summed E-state index contributed by atoms with van der Waals surface area (Å²) in [6.07, 6.45) is 6.28. The molecule has 0 amide bonds. The van der Waals surface area contributed by atoms with Gasteiger partial charge >= 0.3 is 0 Å². The first-order chi connectivity index (χ1) is 12.1. The maximum Gasteiger partial charge on any atom is 0.268 e. The van der Waals surface area contributed by atoms with Crippen molar-refractivity contribution in [2.45, 2.75) is 11.3 Å².